The molecule has 0 aliphatic carbocycles. The lowest BCUT2D eigenvalue weighted by molar-refractivity contribution is -0.115. The first-order valence-electron chi connectivity index (χ1n) is 8.88. The first-order chi connectivity index (χ1) is 14.4. The van der Waals surface area contributed by atoms with E-state index in [1.165, 1.54) is 26.3 Å². The number of guanidine groups is 1. The fraction of sp³-hybridized carbons (Fsp3) is 0.238. The van der Waals surface area contributed by atoms with Gasteiger partial charge < -0.3 is 25.4 Å². The van der Waals surface area contributed by atoms with Gasteiger partial charge in [0.25, 0.3) is 0 Å². The number of alkyl halides is 2. The summed E-state index contributed by atoms with van der Waals surface area (Å²) < 4.78 is 34.9. The average molecular weight is 416 g/mol. The molecule has 0 radical (unpaired) electrons. The minimum absolute atomic E-state index is 0.0138. The standard InChI is InChI=1S/C21H22F2N4O3/c1-4-14-6-5-7-16(10-14)27-19(28)13-26-21(24-2)25-12-15-11-17(29-3)8-9-18(15)30-20(22)23/h1,5-11,20H,12-13H2,2-3H3,(H,27,28)(H2,24,25,26). The number of benzene rings is 2. The van der Waals surface area contributed by atoms with Gasteiger partial charge >= 0.3 is 6.61 Å². The normalized spacial score (nSPS) is 10.9. The van der Waals surface area contributed by atoms with Crippen LogP contribution >= 0.6 is 0 Å². The Balaban J connectivity index is 1.93. The summed E-state index contributed by atoms with van der Waals surface area (Å²) >= 11 is 0. The number of carbonyl (C=O) groups is 1. The second-order valence-electron chi connectivity index (χ2n) is 5.90. The lowest BCUT2D eigenvalue weighted by Crippen LogP contribution is -2.41. The number of nitrogens with one attached hydrogen (secondary N) is 3. The number of methoxy groups -OCH3 is 1. The number of hydrogen-bond acceptors (Lipinski definition) is 4. The van der Waals surface area contributed by atoms with Crippen LogP contribution in [0, 0.1) is 12.3 Å². The van der Waals surface area contributed by atoms with Gasteiger partial charge in [0, 0.05) is 30.4 Å². The molecule has 158 valence electrons. The summed E-state index contributed by atoms with van der Waals surface area (Å²) in [6, 6.07) is 11.4. The second kappa shape index (κ2) is 11.3. The third kappa shape index (κ3) is 6.98. The van der Waals surface area contributed by atoms with Crippen molar-refractivity contribution in [1.82, 2.24) is 10.6 Å². The van der Waals surface area contributed by atoms with Crippen LogP contribution in [0.3, 0.4) is 0 Å². The van der Waals surface area contributed by atoms with Gasteiger partial charge in [0.15, 0.2) is 5.96 Å². The molecule has 1 amide bonds. The molecule has 2 aromatic rings. The van der Waals surface area contributed by atoms with Crippen LogP contribution in [0.1, 0.15) is 11.1 Å². The highest BCUT2D eigenvalue weighted by molar-refractivity contribution is 5.95. The maximum atomic E-state index is 12.6. The zero-order chi connectivity index (χ0) is 21.9. The Morgan fingerprint density at radius 1 is 1.23 bits per heavy atom. The van der Waals surface area contributed by atoms with E-state index in [0.29, 0.717) is 28.5 Å². The third-order valence-electron chi connectivity index (χ3n) is 3.88. The first-order valence-corrected chi connectivity index (χ1v) is 8.88. The average Bonchev–Trinajstić information content (AvgIpc) is 2.74. The number of halogens is 2. The van der Waals surface area contributed by atoms with Gasteiger partial charge in [-0.15, -0.1) is 6.42 Å². The van der Waals surface area contributed by atoms with Crippen molar-refractivity contribution in [3.8, 4) is 23.8 Å². The monoisotopic (exact) mass is 416 g/mol. The summed E-state index contributed by atoms with van der Waals surface area (Å²) in [6.07, 6.45) is 5.35. The molecule has 0 atom stereocenters. The van der Waals surface area contributed by atoms with Gasteiger partial charge in [0.2, 0.25) is 5.91 Å². The van der Waals surface area contributed by atoms with E-state index in [1.807, 2.05) is 0 Å². The predicted molar refractivity (Wildman–Crippen MR) is 111 cm³/mol. The number of hydrogen-bond donors (Lipinski definition) is 3. The molecule has 0 saturated heterocycles. The highest BCUT2D eigenvalue weighted by atomic mass is 19.3. The van der Waals surface area contributed by atoms with Crippen LogP contribution in [-0.4, -0.2) is 39.2 Å². The van der Waals surface area contributed by atoms with Crippen LogP contribution in [0.4, 0.5) is 14.5 Å². The molecular weight excluding hydrogens is 394 g/mol. The van der Waals surface area contributed by atoms with E-state index in [4.69, 9.17) is 11.2 Å². The largest absolute Gasteiger partial charge is 0.497 e. The molecule has 0 fully saturated rings. The maximum Gasteiger partial charge on any atom is 0.387 e. The van der Waals surface area contributed by atoms with Crippen LogP contribution in [0.2, 0.25) is 0 Å². The fourth-order valence-corrected chi connectivity index (χ4v) is 2.49. The number of rotatable bonds is 8. The van der Waals surface area contributed by atoms with E-state index in [0.717, 1.165) is 0 Å². The summed E-state index contributed by atoms with van der Waals surface area (Å²) in [5.41, 5.74) is 1.66. The Labute approximate surface area is 173 Å². The van der Waals surface area contributed by atoms with E-state index in [2.05, 4.69) is 31.6 Å². The minimum atomic E-state index is -2.95. The van der Waals surface area contributed by atoms with Crippen LogP contribution < -0.4 is 25.4 Å². The fourth-order valence-electron chi connectivity index (χ4n) is 2.49. The van der Waals surface area contributed by atoms with Crippen molar-refractivity contribution >= 4 is 17.6 Å². The lowest BCUT2D eigenvalue weighted by Gasteiger charge is -2.15. The number of terminal acetylenes is 1. The lowest BCUT2D eigenvalue weighted by atomic mass is 10.2. The Morgan fingerprint density at radius 2 is 2.03 bits per heavy atom. The summed E-state index contributed by atoms with van der Waals surface area (Å²) in [7, 11) is 2.99. The van der Waals surface area contributed by atoms with E-state index in [1.54, 1.807) is 30.3 Å². The molecule has 3 N–H and O–H groups in total. The van der Waals surface area contributed by atoms with Crippen molar-refractivity contribution in [2.24, 2.45) is 4.99 Å². The zero-order valence-corrected chi connectivity index (χ0v) is 16.5. The molecule has 2 rings (SSSR count). The molecule has 30 heavy (non-hydrogen) atoms. The second-order valence-corrected chi connectivity index (χ2v) is 5.90. The number of nitrogens with zero attached hydrogens (tertiary/aromatic N) is 1. The van der Waals surface area contributed by atoms with Crippen LogP contribution in [0.25, 0.3) is 0 Å². The molecule has 0 aliphatic rings. The molecule has 0 heterocycles. The van der Waals surface area contributed by atoms with Crippen molar-refractivity contribution in [2.45, 2.75) is 13.2 Å². The topological polar surface area (TPSA) is 84.0 Å². The number of carbonyl (C=O) groups excluding carboxylic acids is 1. The molecular formula is C21H22F2N4O3. The first kappa shape index (κ1) is 22.5. The molecule has 2 aromatic carbocycles. The number of amides is 1. The van der Waals surface area contributed by atoms with E-state index >= 15 is 0 Å². The Hall–Kier alpha value is -3.80. The Morgan fingerprint density at radius 3 is 2.70 bits per heavy atom. The van der Waals surface area contributed by atoms with E-state index < -0.39 is 6.61 Å². The summed E-state index contributed by atoms with van der Waals surface area (Å²) in [4.78, 5) is 16.1. The van der Waals surface area contributed by atoms with E-state index in [-0.39, 0.29) is 24.7 Å². The van der Waals surface area contributed by atoms with Crippen LogP contribution in [-0.2, 0) is 11.3 Å². The van der Waals surface area contributed by atoms with Crippen molar-refractivity contribution in [3.05, 3.63) is 53.6 Å². The highest BCUT2D eigenvalue weighted by Gasteiger charge is 2.12. The van der Waals surface area contributed by atoms with Crippen molar-refractivity contribution in [2.75, 3.05) is 26.0 Å². The van der Waals surface area contributed by atoms with Gasteiger partial charge in [0.05, 0.1) is 13.7 Å². The van der Waals surface area contributed by atoms with Gasteiger partial charge in [-0.25, -0.2) is 0 Å². The zero-order valence-electron chi connectivity index (χ0n) is 16.5. The van der Waals surface area contributed by atoms with Gasteiger partial charge in [-0.3, -0.25) is 9.79 Å². The Kier molecular flexibility index (Phi) is 8.44. The predicted octanol–water partition coefficient (Wildman–Crippen LogP) is 2.58. The molecule has 0 saturated carbocycles. The SMILES string of the molecule is C#Cc1cccc(NC(=O)CNC(=NC)NCc2cc(OC)ccc2OC(F)F)c1. The smallest absolute Gasteiger partial charge is 0.387 e. The third-order valence-corrected chi connectivity index (χ3v) is 3.88. The number of ether oxygens (including phenoxy) is 2. The van der Waals surface area contributed by atoms with Crippen LogP contribution in [0.5, 0.6) is 11.5 Å². The molecule has 0 spiro atoms. The molecule has 0 aromatic heterocycles. The van der Waals surface area contributed by atoms with E-state index in [9.17, 15) is 13.6 Å². The molecule has 0 aliphatic heterocycles. The summed E-state index contributed by atoms with van der Waals surface area (Å²) in [5.74, 6) is 2.99. The summed E-state index contributed by atoms with van der Waals surface area (Å²) in [6.45, 7) is -2.91. The van der Waals surface area contributed by atoms with Gasteiger partial charge in [-0.05, 0) is 36.4 Å². The maximum absolute atomic E-state index is 12.6. The van der Waals surface area contributed by atoms with Crippen molar-refractivity contribution in [3.63, 3.8) is 0 Å². The summed E-state index contributed by atoms with van der Waals surface area (Å²) in [5, 5.41) is 8.50. The van der Waals surface area contributed by atoms with Crippen molar-refractivity contribution < 1.29 is 23.0 Å². The van der Waals surface area contributed by atoms with Gasteiger partial charge in [0.1, 0.15) is 11.5 Å². The van der Waals surface area contributed by atoms with Crippen LogP contribution in [0.15, 0.2) is 47.5 Å². The molecule has 7 nitrogen and oxygen atoms in total. The molecule has 0 unspecified atom stereocenters. The molecule has 9 heteroatoms. The minimum Gasteiger partial charge on any atom is -0.497 e. The highest BCUT2D eigenvalue weighted by Crippen LogP contribution is 2.25. The molecule has 0 bridgehead atoms. The van der Waals surface area contributed by atoms with Crippen molar-refractivity contribution in [1.29, 1.82) is 0 Å². The Bertz CT molecular complexity index is 942. The number of aliphatic imine (C=N–C) groups is 1. The quantitative estimate of drug-likeness (QED) is 0.350. The number of anilines is 1. The van der Waals surface area contributed by atoms with Gasteiger partial charge in [-0.2, -0.15) is 8.78 Å². The van der Waals surface area contributed by atoms with Gasteiger partial charge in [-0.1, -0.05) is 12.0 Å².